The predicted molar refractivity (Wildman–Crippen MR) is 106 cm³/mol. The van der Waals surface area contributed by atoms with Gasteiger partial charge in [0.2, 0.25) is 0 Å². The third-order valence-corrected chi connectivity index (χ3v) is 6.65. The van der Waals surface area contributed by atoms with E-state index < -0.39 is 24.3 Å². The van der Waals surface area contributed by atoms with Crippen molar-refractivity contribution < 1.29 is 18.7 Å². The van der Waals surface area contributed by atoms with E-state index in [0.29, 0.717) is 30.3 Å². The molecular weight excluding hydrogens is 398 g/mol. The number of aliphatic hydroxyl groups excluding tert-OH is 1. The van der Waals surface area contributed by atoms with Crippen molar-refractivity contribution in [1.29, 1.82) is 0 Å². The lowest BCUT2D eigenvalue weighted by Gasteiger charge is -2.46. The fraction of sp³-hybridized carbons (Fsp3) is 0.400. The number of aliphatic hydroxyl groups is 1. The summed E-state index contributed by atoms with van der Waals surface area (Å²) >= 11 is 1.37. The molecule has 29 heavy (non-hydrogen) atoms. The third kappa shape index (κ3) is 3.28. The minimum Gasteiger partial charge on any atom is -0.394 e. The molecule has 0 spiro atoms. The highest BCUT2D eigenvalue weighted by Gasteiger charge is 2.56. The Morgan fingerprint density at radius 3 is 2.86 bits per heavy atom. The first-order valence-electron chi connectivity index (χ1n) is 9.49. The van der Waals surface area contributed by atoms with E-state index in [-0.39, 0.29) is 12.5 Å². The summed E-state index contributed by atoms with van der Waals surface area (Å²) in [4.78, 5) is 23.3. The second-order valence-corrected chi connectivity index (χ2v) is 8.99. The Kier molecular flexibility index (Phi) is 4.15. The van der Waals surface area contributed by atoms with Crippen molar-refractivity contribution in [1.82, 2.24) is 14.9 Å². The molecule has 1 saturated carbocycles. The number of halogens is 2. The van der Waals surface area contributed by atoms with Crippen LogP contribution in [0.25, 0.3) is 10.9 Å². The van der Waals surface area contributed by atoms with Gasteiger partial charge in [0.15, 0.2) is 5.13 Å². The van der Waals surface area contributed by atoms with Crippen LogP contribution in [0, 0.1) is 0 Å². The predicted octanol–water partition coefficient (Wildman–Crippen LogP) is 3.40. The van der Waals surface area contributed by atoms with Gasteiger partial charge in [-0.25, -0.2) is 13.8 Å². The van der Waals surface area contributed by atoms with Gasteiger partial charge < -0.3 is 20.3 Å². The smallest absolute Gasteiger partial charge is 0.270 e. The molecule has 1 aliphatic carbocycles. The normalized spacial score (nSPS) is 19.6. The lowest BCUT2D eigenvalue weighted by molar-refractivity contribution is -0.126. The first-order chi connectivity index (χ1) is 13.9. The maximum absolute atomic E-state index is 13.3. The van der Waals surface area contributed by atoms with Crippen LogP contribution < -0.4 is 5.32 Å². The number of anilines is 1. The molecule has 0 atom stereocenters. The molecule has 152 valence electrons. The molecule has 0 bridgehead atoms. The lowest BCUT2D eigenvalue weighted by Crippen LogP contribution is -2.59. The molecule has 9 heteroatoms. The number of fused-ring (bicyclic) bond motifs is 2. The Labute approximate surface area is 169 Å². The number of thiazole rings is 1. The van der Waals surface area contributed by atoms with Gasteiger partial charge in [-0.05, 0) is 12.1 Å². The first kappa shape index (κ1) is 18.5. The van der Waals surface area contributed by atoms with Gasteiger partial charge in [-0.3, -0.25) is 4.79 Å². The highest BCUT2D eigenvalue weighted by atomic mass is 32.1. The molecule has 1 aromatic carbocycles. The van der Waals surface area contributed by atoms with Crippen LogP contribution >= 0.6 is 11.3 Å². The highest BCUT2D eigenvalue weighted by molar-refractivity contribution is 7.15. The summed E-state index contributed by atoms with van der Waals surface area (Å²) in [6.45, 7) is 0.622. The molecule has 0 saturated heterocycles. The van der Waals surface area contributed by atoms with Gasteiger partial charge in [-0.2, -0.15) is 0 Å². The zero-order chi connectivity index (χ0) is 20.2. The minimum absolute atomic E-state index is 0.0692. The zero-order valence-electron chi connectivity index (χ0n) is 15.5. The van der Waals surface area contributed by atoms with Crippen LogP contribution in [0.4, 0.5) is 13.9 Å². The largest absolute Gasteiger partial charge is 0.394 e. The van der Waals surface area contributed by atoms with Gasteiger partial charge in [0.1, 0.15) is 5.69 Å². The van der Waals surface area contributed by atoms with Gasteiger partial charge in [-0.15, -0.1) is 0 Å². The quantitative estimate of drug-likeness (QED) is 0.607. The standard InChI is InChI=1S/C20H20F2N4O2S/c21-20(22)9-19(10-20,11-27)25-18-24-14-5-6-26(8-16(14)29-18)17(28)15-7-12-3-1-2-4-13(12)23-15/h1-4,7,23,27H,5-6,8-11H2,(H,24,25). The Balaban J connectivity index is 1.31. The third-order valence-electron chi connectivity index (χ3n) is 5.65. The van der Waals surface area contributed by atoms with Crippen LogP contribution in [-0.2, 0) is 13.0 Å². The summed E-state index contributed by atoms with van der Waals surface area (Å²) in [6, 6.07) is 9.60. The molecule has 3 aromatic rings. The number of hydrogen-bond donors (Lipinski definition) is 3. The highest BCUT2D eigenvalue weighted by Crippen LogP contribution is 2.47. The number of rotatable bonds is 4. The van der Waals surface area contributed by atoms with Crippen LogP contribution in [0.3, 0.4) is 0 Å². The van der Waals surface area contributed by atoms with Gasteiger partial charge in [0.05, 0.1) is 24.4 Å². The Morgan fingerprint density at radius 2 is 2.14 bits per heavy atom. The number of nitrogens with zero attached hydrogens (tertiary/aromatic N) is 2. The van der Waals surface area contributed by atoms with Crippen LogP contribution in [-0.4, -0.2) is 50.5 Å². The summed E-state index contributed by atoms with van der Waals surface area (Å²) in [5, 5.41) is 14.1. The average molecular weight is 418 g/mol. The molecule has 1 amide bonds. The van der Waals surface area contributed by atoms with E-state index in [2.05, 4.69) is 15.3 Å². The minimum atomic E-state index is -2.74. The van der Waals surface area contributed by atoms with Crippen molar-refractivity contribution in [2.24, 2.45) is 0 Å². The van der Waals surface area contributed by atoms with E-state index in [4.69, 9.17) is 0 Å². The number of para-hydroxylation sites is 1. The van der Waals surface area contributed by atoms with E-state index in [1.165, 1.54) is 11.3 Å². The summed E-state index contributed by atoms with van der Waals surface area (Å²) in [5.41, 5.74) is 1.35. The SMILES string of the molecule is O=C(c1cc2ccccc2[nH]1)N1CCc2nc(NC3(CO)CC(F)(F)C3)sc2C1. The summed E-state index contributed by atoms with van der Waals surface area (Å²) in [6.07, 6.45) is -0.181. The Morgan fingerprint density at radius 1 is 1.34 bits per heavy atom. The molecular formula is C20H20F2N4O2S. The fourth-order valence-corrected chi connectivity index (χ4v) is 5.33. The monoisotopic (exact) mass is 418 g/mol. The van der Waals surface area contributed by atoms with Crippen molar-refractivity contribution >= 4 is 33.3 Å². The van der Waals surface area contributed by atoms with Gasteiger partial charge in [0, 0.05) is 41.6 Å². The van der Waals surface area contributed by atoms with Gasteiger partial charge in [-0.1, -0.05) is 29.5 Å². The van der Waals surface area contributed by atoms with E-state index in [1.807, 2.05) is 30.3 Å². The average Bonchev–Trinajstić information content (AvgIpc) is 3.28. The number of amides is 1. The molecule has 6 nitrogen and oxygen atoms in total. The fourth-order valence-electron chi connectivity index (χ4n) is 4.19. The van der Waals surface area contributed by atoms with Gasteiger partial charge >= 0.3 is 0 Å². The Hall–Kier alpha value is -2.52. The number of alkyl halides is 2. The summed E-state index contributed by atoms with van der Waals surface area (Å²) in [7, 11) is 0. The number of aromatic nitrogens is 2. The Bertz CT molecular complexity index is 1050. The number of carbonyl (C=O) groups excluding carboxylic acids is 1. The number of H-pyrrole nitrogens is 1. The van der Waals surface area contributed by atoms with Crippen LogP contribution in [0.15, 0.2) is 30.3 Å². The molecule has 0 unspecified atom stereocenters. The van der Waals surface area contributed by atoms with Crippen molar-refractivity contribution in [2.45, 2.75) is 37.3 Å². The summed E-state index contributed by atoms with van der Waals surface area (Å²) in [5.74, 6) is -2.81. The first-order valence-corrected chi connectivity index (χ1v) is 10.3. The number of aromatic amines is 1. The van der Waals surface area contributed by atoms with E-state index in [1.54, 1.807) is 4.90 Å². The van der Waals surface area contributed by atoms with Crippen molar-refractivity contribution in [3.63, 3.8) is 0 Å². The molecule has 0 radical (unpaired) electrons. The van der Waals surface area contributed by atoms with E-state index in [9.17, 15) is 18.7 Å². The molecule has 3 heterocycles. The molecule has 5 rings (SSSR count). The second-order valence-electron chi connectivity index (χ2n) is 7.91. The molecule has 3 N–H and O–H groups in total. The van der Waals surface area contributed by atoms with Crippen molar-refractivity contribution in [3.05, 3.63) is 46.6 Å². The molecule has 2 aliphatic rings. The van der Waals surface area contributed by atoms with Crippen LogP contribution in [0.5, 0.6) is 0 Å². The van der Waals surface area contributed by atoms with Crippen molar-refractivity contribution in [3.8, 4) is 0 Å². The maximum Gasteiger partial charge on any atom is 0.270 e. The number of hydrogen-bond acceptors (Lipinski definition) is 5. The number of nitrogens with one attached hydrogen (secondary N) is 2. The molecule has 1 fully saturated rings. The van der Waals surface area contributed by atoms with E-state index in [0.717, 1.165) is 21.5 Å². The summed E-state index contributed by atoms with van der Waals surface area (Å²) < 4.78 is 26.6. The van der Waals surface area contributed by atoms with Crippen LogP contribution in [0.1, 0.15) is 33.9 Å². The van der Waals surface area contributed by atoms with Crippen molar-refractivity contribution in [2.75, 3.05) is 18.5 Å². The van der Waals surface area contributed by atoms with Gasteiger partial charge in [0.25, 0.3) is 11.8 Å². The van der Waals surface area contributed by atoms with E-state index >= 15 is 0 Å². The van der Waals surface area contributed by atoms with Crippen LogP contribution in [0.2, 0.25) is 0 Å². The topological polar surface area (TPSA) is 81.2 Å². The number of benzene rings is 1. The number of carbonyl (C=O) groups is 1. The molecule has 2 aromatic heterocycles. The zero-order valence-corrected chi connectivity index (χ0v) is 16.4. The molecule has 1 aliphatic heterocycles. The maximum atomic E-state index is 13.3. The lowest BCUT2D eigenvalue weighted by atomic mass is 9.74. The second kappa shape index (κ2) is 6.50.